The average Bonchev–Trinajstić information content (AvgIpc) is 2.75. The predicted octanol–water partition coefficient (Wildman–Crippen LogP) is 3.63. The first-order valence-corrected chi connectivity index (χ1v) is 6.41. The first kappa shape index (κ1) is 15.9. The number of urea groups is 1. The zero-order valence-electron chi connectivity index (χ0n) is 11.9. The molecule has 0 atom stereocenters. The molecule has 0 unspecified atom stereocenters. The van der Waals surface area contributed by atoms with Crippen molar-refractivity contribution in [2.24, 2.45) is 0 Å². The largest absolute Gasteiger partial charge is 0.444 e. The third-order valence-corrected chi connectivity index (χ3v) is 2.95. The molecule has 2 amide bonds. The van der Waals surface area contributed by atoms with E-state index in [1.807, 2.05) is 0 Å². The van der Waals surface area contributed by atoms with Gasteiger partial charge in [-0.2, -0.15) is 13.2 Å². The number of rotatable bonds is 3. The van der Waals surface area contributed by atoms with Crippen LogP contribution in [0.2, 0.25) is 0 Å². The van der Waals surface area contributed by atoms with Gasteiger partial charge in [0.2, 0.25) is 5.89 Å². The number of nitrogens with one attached hydrogen (secondary N) is 2. The third-order valence-electron chi connectivity index (χ3n) is 2.95. The van der Waals surface area contributed by atoms with Gasteiger partial charge in [0.25, 0.3) is 0 Å². The normalized spacial score (nSPS) is 11.3. The molecule has 1 aromatic heterocycles. The number of aromatic nitrogens is 1. The molecule has 1 heterocycles. The molecule has 2 N–H and O–H groups in total. The molecule has 0 aliphatic rings. The van der Waals surface area contributed by atoms with E-state index < -0.39 is 17.8 Å². The predicted molar refractivity (Wildman–Crippen MR) is 73.3 cm³/mol. The molecule has 1 aromatic carbocycles. The summed E-state index contributed by atoms with van der Waals surface area (Å²) < 4.78 is 43.7. The van der Waals surface area contributed by atoms with Gasteiger partial charge in [0.15, 0.2) is 0 Å². The van der Waals surface area contributed by atoms with Crippen LogP contribution in [-0.2, 0) is 12.7 Å². The van der Waals surface area contributed by atoms with Crippen LogP contribution in [0.3, 0.4) is 0 Å². The second kappa shape index (κ2) is 6.08. The highest BCUT2D eigenvalue weighted by molar-refractivity contribution is 5.90. The lowest BCUT2D eigenvalue weighted by Crippen LogP contribution is -2.29. The highest BCUT2D eigenvalue weighted by Gasteiger charge is 2.33. The molecule has 0 saturated heterocycles. The van der Waals surface area contributed by atoms with E-state index in [2.05, 4.69) is 15.6 Å². The van der Waals surface area contributed by atoms with Gasteiger partial charge in [-0.25, -0.2) is 9.78 Å². The first-order chi connectivity index (χ1) is 10.3. The molecule has 2 rings (SSSR count). The lowest BCUT2D eigenvalue weighted by atomic mass is 10.1. The molecule has 0 fully saturated rings. The number of amides is 2. The van der Waals surface area contributed by atoms with Gasteiger partial charge in [0.05, 0.1) is 23.5 Å². The Balaban J connectivity index is 2.01. The van der Waals surface area contributed by atoms with Crippen LogP contribution >= 0.6 is 0 Å². The van der Waals surface area contributed by atoms with Gasteiger partial charge in [0.1, 0.15) is 5.76 Å². The molecular weight excluding hydrogens is 299 g/mol. The summed E-state index contributed by atoms with van der Waals surface area (Å²) in [5, 5.41) is 4.56. The van der Waals surface area contributed by atoms with E-state index in [1.54, 1.807) is 13.8 Å². The molecule has 0 aliphatic heterocycles. The fourth-order valence-corrected chi connectivity index (χ4v) is 1.78. The lowest BCUT2D eigenvalue weighted by Gasteiger charge is -2.13. The molecule has 0 spiro atoms. The van der Waals surface area contributed by atoms with Crippen LogP contribution in [0.15, 0.2) is 28.7 Å². The van der Waals surface area contributed by atoms with Crippen molar-refractivity contribution in [3.63, 3.8) is 0 Å². The second-order valence-corrected chi connectivity index (χ2v) is 4.60. The molecular formula is C14H14F3N3O2. The number of nitrogens with zero attached hydrogens (tertiary/aromatic N) is 1. The molecule has 2 aromatic rings. The fourth-order valence-electron chi connectivity index (χ4n) is 1.78. The van der Waals surface area contributed by atoms with Gasteiger partial charge in [0, 0.05) is 0 Å². The molecule has 0 aliphatic carbocycles. The van der Waals surface area contributed by atoms with Crippen molar-refractivity contribution >= 4 is 11.7 Å². The summed E-state index contributed by atoms with van der Waals surface area (Å²) in [6, 6.07) is 3.97. The van der Waals surface area contributed by atoms with Gasteiger partial charge < -0.3 is 15.1 Å². The van der Waals surface area contributed by atoms with Crippen LogP contribution in [0.25, 0.3) is 0 Å². The van der Waals surface area contributed by atoms with E-state index in [0.717, 1.165) is 6.07 Å². The summed E-state index contributed by atoms with van der Waals surface area (Å²) >= 11 is 0. The minimum absolute atomic E-state index is 0.0191. The minimum Gasteiger partial charge on any atom is -0.444 e. The van der Waals surface area contributed by atoms with Crippen molar-refractivity contribution in [3.8, 4) is 0 Å². The molecule has 5 nitrogen and oxygen atoms in total. The van der Waals surface area contributed by atoms with Gasteiger partial charge in [-0.1, -0.05) is 12.1 Å². The zero-order valence-corrected chi connectivity index (χ0v) is 11.9. The molecule has 0 radical (unpaired) electrons. The van der Waals surface area contributed by atoms with Crippen LogP contribution in [0, 0.1) is 13.8 Å². The van der Waals surface area contributed by atoms with Crippen LogP contribution in [0.5, 0.6) is 0 Å². The summed E-state index contributed by atoms with van der Waals surface area (Å²) in [7, 11) is 0. The maximum atomic E-state index is 12.8. The number of carbonyl (C=O) groups excluding carboxylic acids is 1. The Hall–Kier alpha value is -2.51. The number of alkyl halides is 3. The van der Waals surface area contributed by atoms with Gasteiger partial charge in [-0.15, -0.1) is 0 Å². The van der Waals surface area contributed by atoms with E-state index in [1.165, 1.54) is 18.2 Å². The number of para-hydroxylation sites is 1. The first-order valence-electron chi connectivity index (χ1n) is 6.41. The van der Waals surface area contributed by atoms with Crippen LogP contribution in [0.1, 0.15) is 22.9 Å². The van der Waals surface area contributed by atoms with Gasteiger partial charge >= 0.3 is 12.2 Å². The smallest absolute Gasteiger partial charge is 0.418 e. The number of oxazole rings is 1. The summed E-state index contributed by atoms with van der Waals surface area (Å²) in [6.07, 6.45) is -4.54. The Morgan fingerprint density at radius 3 is 2.55 bits per heavy atom. The quantitative estimate of drug-likeness (QED) is 0.909. The Bertz CT molecular complexity index is 661. The van der Waals surface area contributed by atoms with Crippen molar-refractivity contribution in [2.45, 2.75) is 26.6 Å². The van der Waals surface area contributed by atoms with Crippen molar-refractivity contribution in [1.29, 1.82) is 0 Å². The van der Waals surface area contributed by atoms with Crippen molar-refractivity contribution in [3.05, 3.63) is 47.2 Å². The van der Waals surface area contributed by atoms with Crippen LogP contribution < -0.4 is 10.6 Å². The monoisotopic (exact) mass is 313 g/mol. The number of carbonyl (C=O) groups is 1. The van der Waals surface area contributed by atoms with E-state index in [-0.39, 0.29) is 18.1 Å². The Morgan fingerprint density at radius 2 is 1.95 bits per heavy atom. The molecule has 118 valence electrons. The highest BCUT2D eigenvalue weighted by Crippen LogP contribution is 2.34. The van der Waals surface area contributed by atoms with Crippen LogP contribution in [-0.4, -0.2) is 11.0 Å². The number of halogens is 3. The van der Waals surface area contributed by atoms with Crippen molar-refractivity contribution in [1.82, 2.24) is 10.3 Å². The number of hydrogen-bond acceptors (Lipinski definition) is 3. The van der Waals surface area contributed by atoms with Gasteiger partial charge in [-0.05, 0) is 26.0 Å². The van der Waals surface area contributed by atoms with E-state index >= 15 is 0 Å². The molecule has 8 heteroatoms. The molecule has 22 heavy (non-hydrogen) atoms. The van der Waals surface area contributed by atoms with E-state index in [0.29, 0.717) is 11.5 Å². The summed E-state index contributed by atoms with van der Waals surface area (Å²) in [6.45, 7) is 3.46. The maximum absolute atomic E-state index is 12.8. The number of benzene rings is 1. The second-order valence-electron chi connectivity index (χ2n) is 4.60. The van der Waals surface area contributed by atoms with Crippen molar-refractivity contribution < 1.29 is 22.4 Å². The number of hydrogen-bond donors (Lipinski definition) is 2. The van der Waals surface area contributed by atoms with Crippen molar-refractivity contribution in [2.75, 3.05) is 5.32 Å². The minimum atomic E-state index is -4.54. The van der Waals surface area contributed by atoms with Crippen LogP contribution in [0.4, 0.5) is 23.7 Å². The topological polar surface area (TPSA) is 67.2 Å². The summed E-state index contributed by atoms with van der Waals surface area (Å²) in [5.74, 6) is 0.911. The Kier molecular flexibility index (Phi) is 4.39. The number of anilines is 1. The highest BCUT2D eigenvalue weighted by atomic mass is 19.4. The third kappa shape index (κ3) is 3.78. The van der Waals surface area contributed by atoms with E-state index in [4.69, 9.17) is 4.42 Å². The summed E-state index contributed by atoms with van der Waals surface area (Å²) in [4.78, 5) is 15.8. The summed E-state index contributed by atoms with van der Waals surface area (Å²) in [5.41, 5.74) is -0.528. The van der Waals surface area contributed by atoms with Gasteiger partial charge in [-0.3, -0.25) is 0 Å². The average molecular weight is 313 g/mol. The maximum Gasteiger partial charge on any atom is 0.418 e. The standard InChI is InChI=1S/C14H14F3N3O2/c1-8-9(2)22-12(19-8)7-18-13(21)20-11-6-4-3-5-10(11)14(15,16)17/h3-6H,7H2,1-2H3,(H2,18,20,21). The Labute approximate surface area is 124 Å². The molecule has 0 saturated carbocycles. The fraction of sp³-hybridized carbons (Fsp3) is 0.286. The zero-order chi connectivity index (χ0) is 16.3. The lowest BCUT2D eigenvalue weighted by molar-refractivity contribution is -0.136. The molecule has 0 bridgehead atoms. The SMILES string of the molecule is Cc1nc(CNC(=O)Nc2ccccc2C(F)(F)F)oc1C. The van der Waals surface area contributed by atoms with E-state index in [9.17, 15) is 18.0 Å². The number of aryl methyl sites for hydroxylation is 2. The Morgan fingerprint density at radius 1 is 1.27 bits per heavy atom.